The van der Waals surface area contributed by atoms with Gasteiger partial charge in [-0.05, 0) is 0 Å². The van der Waals surface area contributed by atoms with Crippen LogP contribution in [0.15, 0.2) is 0 Å². The third kappa shape index (κ3) is 9.68. The molecule has 54 valence electrons. The lowest BCUT2D eigenvalue weighted by atomic mass is 10.4. The molecule has 6 N–H and O–H groups in total. The number of halogens is 2. The summed E-state index contributed by atoms with van der Waals surface area (Å²) in [5.74, 6) is 0. The first-order valence-corrected chi connectivity index (χ1v) is 1.92. The average Bonchev–Trinajstić information content (AvgIpc) is 1.65. The topological polar surface area (TPSA) is 74.9 Å². The highest BCUT2D eigenvalue weighted by Gasteiger charge is 1.97. The molecule has 0 bridgehead atoms. The summed E-state index contributed by atoms with van der Waals surface area (Å²) in [4.78, 5) is 0. The predicted molar refractivity (Wildman–Crippen MR) is 25.5 cm³/mol. The first-order chi connectivity index (χ1) is 2.81. The van der Waals surface area contributed by atoms with Crippen molar-refractivity contribution in [2.75, 3.05) is 13.1 Å². The van der Waals surface area contributed by atoms with Crippen LogP contribution in [0.3, 0.4) is 0 Å². The van der Waals surface area contributed by atoms with Gasteiger partial charge in [0.2, 0.25) is 0 Å². The first kappa shape index (κ1) is 15.8. The van der Waals surface area contributed by atoms with Crippen molar-refractivity contribution in [1.82, 2.24) is 0 Å². The van der Waals surface area contributed by atoms with Crippen molar-refractivity contribution in [2.24, 2.45) is 11.5 Å². The molecule has 0 aromatic heterocycles. The van der Waals surface area contributed by atoms with E-state index in [-0.39, 0.29) is 30.9 Å². The molecule has 0 aliphatic carbocycles. The van der Waals surface area contributed by atoms with Gasteiger partial charge in [-0.1, -0.05) is 0 Å². The van der Waals surface area contributed by atoms with Gasteiger partial charge in [-0.15, -0.1) is 0 Å². The molecule has 0 spiro atoms. The van der Waals surface area contributed by atoms with Crippen LogP contribution in [0.4, 0.5) is 0 Å². The van der Waals surface area contributed by atoms with Crippen molar-refractivity contribution in [2.45, 2.75) is 6.10 Å². The molecule has 0 fully saturated rings. The van der Waals surface area contributed by atoms with E-state index in [4.69, 9.17) is 16.6 Å². The summed E-state index contributed by atoms with van der Waals surface area (Å²) in [5.41, 5.74) is 10.0. The van der Waals surface area contributed by atoms with Crippen molar-refractivity contribution >= 4 is 0 Å². The van der Waals surface area contributed by atoms with E-state index in [0.717, 1.165) is 0 Å². The van der Waals surface area contributed by atoms with E-state index in [9.17, 15) is 0 Å². The van der Waals surface area contributed by atoms with Gasteiger partial charge in [0.15, 0.2) is 6.10 Å². The predicted octanol–water partition coefficient (Wildman–Crippen LogP) is -8.00. The molecule has 0 radical (unpaired) electrons. The lowest BCUT2D eigenvalue weighted by Crippen LogP contribution is -3.00. The fourth-order valence-corrected chi connectivity index (χ4v) is 0.0962. The Morgan fingerprint density at radius 3 is 1.38 bits per heavy atom. The summed E-state index contributed by atoms with van der Waals surface area (Å²) in [6.07, 6.45) is -0.259. The quantitative estimate of drug-likeness (QED) is 0.396. The molecule has 0 aromatic rings. The minimum Gasteiger partial charge on any atom is -1.00 e. The van der Waals surface area contributed by atoms with E-state index >= 15 is 0 Å². The highest BCUT2D eigenvalue weighted by Crippen LogP contribution is 1.66. The molecule has 0 heterocycles. The summed E-state index contributed by atoms with van der Waals surface area (Å²) in [5, 5.41) is 6.82. The Labute approximate surface area is 61.2 Å². The molecule has 0 aliphatic heterocycles. The Balaban J connectivity index is -0.000000125. The van der Waals surface area contributed by atoms with Gasteiger partial charge in [-0.3, -0.25) is 0 Å². The summed E-state index contributed by atoms with van der Waals surface area (Å²) in [6.45, 7) is 0.743. The van der Waals surface area contributed by atoms with Crippen LogP contribution < -0.4 is 36.3 Å². The molecule has 8 heavy (non-hydrogen) atoms. The first-order valence-electron chi connectivity index (χ1n) is 1.92. The summed E-state index contributed by atoms with van der Waals surface area (Å²) in [6, 6.07) is 0. The molecule has 3 nitrogen and oxygen atoms in total. The van der Waals surface area contributed by atoms with E-state index < -0.39 is 0 Å². The molecule has 0 saturated carbocycles. The minimum atomic E-state index is -0.259. The average molecular weight is 162 g/mol. The second-order valence-electron chi connectivity index (χ2n) is 1.17. The molecule has 0 unspecified atom stereocenters. The van der Waals surface area contributed by atoms with Crippen LogP contribution in [-0.2, 0) is 0 Å². The normalized spacial score (nSPS) is 7.50. The van der Waals surface area contributed by atoms with Crippen molar-refractivity contribution in [3.63, 3.8) is 0 Å². The van der Waals surface area contributed by atoms with Crippen LogP contribution in [0.1, 0.15) is 0 Å². The SMILES string of the molecule is NCC([OH2+])CN.[Cl-].[Cl-]. The molecular formula is C3H11Cl2N2O-. The zero-order valence-corrected chi connectivity index (χ0v) is 5.91. The highest BCUT2D eigenvalue weighted by atomic mass is 35.5. The third-order valence-corrected chi connectivity index (χ3v) is 0.569. The largest absolute Gasteiger partial charge is 1.00 e. The zero-order valence-electron chi connectivity index (χ0n) is 4.40. The van der Waals surface area contributed by atoms with Gasteiger partial charge in [0.05, 0.1) is 13.1 Å². The molecule has 0 aliphatic rings. The van der Waals surface area contributed by atoms with Crippen molar-refractivity contribution in [3.05, 3.63) is 0 Å². The molecule has 0 aromatic carbocycles. The Morgan fingerprint density at radius 1 is 1.12 bits per heavy atom. The fourth-order valence-electron chi connectivity index (χ4n) is 0.0962. The lowest BCUT2D eigenvalue weighted by Gasteiger charge is -1.94. The van der Waals surface area contributed by atoms with E-state index in [0.29, 0.717) is 13.1 Å². The summed E-state index contributed by atoms with van der Waals surface area (Å²) < 4.78 is 0. The van der Waals surface area contributed by atoms with Gasteiger partial charge in [0, 0.05) is 0 Å². The second kappa shape index (κ2) is 10.4. The van der Waals surface area contributed by atoms with Crippen LogP contribution >= 0.6 is 0 Å². The number of hydrogen-bond acceptors (Lipinski definition) is 2. The van der Waals surface area contributed by atoms with Gasteiger partial charge >= 0.3 is 0 Å². The maximum Gasteiger partial charge on any atom is 0.178 e. The van der Waals surface area contributed by atoms with E-state index in [2.05, 4.69) is 0 Å². The number of nitrogens with two attached hydrogens (primary N) is 2. The van der Waals surface area contributed by atoms with Crippen LogP contribution in [0.25, 0.3) is 0 Å². The molecule has 0 saturated heterocycles. The molecule has 5 heteroatoms. The third-order valence-electron chi connectivity index (χ3n) is 0.569. The smallest absolute Gasteiger partial charge is 0.178 e. The lowest BCUT2D eigenvalue weighted by molar-refractivity contribution is -0.00100. The highest BCUT2D eigenvalue weighted by molar-refractivity contribution is 4.52. The Hall–Kier alpha value is 0.460. The summed E-state index contributed by atoms with van der Waals surface area (Å²) >= 11 is 0. The minimum absolute atomic E-state index is 0. The van der Waals surface area contributed by atoms with Gasteiger partial charge in [-0.2, -0.15) is 0 Å². The monoisotopic (exact) mass is 161 g/mol. The van der Waals surface area contributed by atoms with Gasteiger partial charge in [0.1, 0.15) is 0 Å². The van der Waals surface area contributed by atoms with Crippen molar-refractivity contribution in [1.29, 1.82) is 0 Å². The van der Waals surface area contributed by atoms with Crippen molar-refractivity contribution < 1.29 is 29.9 Å². The number of rotatable bonds is 2. The zero-order chi connectivity index (χ0) is 4.99. The molecule has 0 rings (SSSR count). The maximum absolute atomic E-state index is 6.82. The van der Waals surface area contributed by atoms with Gasteiger partial charge in [-0.25, -0.2) is 0 Å². The Kier molecular flexibility index (Phi) is 20.6. The van der Waals surface area contributed by atoms with Crippen LogP contribution in [-0.4, -0.2) is 24.3 Å². The molecular weight excluding hydrogens is 151 g/mol. The van der Waals surface area contributed by atoms with Crippen molar-refractivity contribution in [3.8, 4) is 0 Å². The van der Waals surface area contributed by atoms with Crippen LogP contribution in [0.5, 0.6) is 0 Å². The Bertz CT molecular complexity index is 34.5. The fraction of sp³-hybridized carbons (Fsp3) is 1.00. The van der Waals surface area contributed by atoms with Gasteiger partial charge < -0.3 is 41.4 Å². The second-order valence-corrected chi connectivity index (χ2v) is 1.17. The van der Waals surface area contributed by atoms with E-state index in [1.54, 1.807) is 0 Å². The molecule has 0 atom stereocenters. The van der Waals surface area contributed by atoms with E-state index in [1.807, 2.05) is 0 Å². The summed E-state index contributed by atoms with van der Waals surface area (Å²) in [7, 11) is 0. The molecule has 0 amide bonds. The standard InChI is InChI=1S/C3H10N2O.2ClH/c4-1-3(6)2-5;;/h3,6H,1-2,4-5H2;2*1H/p-1. The van der Waals surface area contributed by atoms with E-state index in [1.165, 1.54) is 0 Å². The Morgan fingerprint density at radius 2 is 1.38 bits per heavy atom. The van der Waals surface area contributed by atoms with Crippen LogP contribution in [0.2, 0.25) is 0 Å². The van der Waals surface area contributed by atoms with Gasteiger partial charge in [0.25, 0.3) is 0 Å². The maximum atomic E-state index is 6.82. The number of hydrogen-bond donors (Lipinski definition) is 2. The van der Waals surface area contributed by atoms with Crippen LogP contribution in [0, 0.1) is 0 Å².